The van der Waals surface area contributed by atoms with Gasteiger partial charge in [0.05, 0.1) is 6.04 Å². The van der Waals surface area contributed by atoms with E-state index < -0.39 is 0 Å². The molecule has 1 atom stereocenters. The number of aromatic nitrogens is 1. The molecule has 1 fully saturated rings. The third-order valence-electron chi connectivity index (χ3n) is 4.65. The van der Waals surface area contributed by atoms with E-state index in [1.54, 1.807) is 12.4 Å². The Bertz CT molecular complexity index is 537. The molecular weight excluding hydrogens is 314 g/mol. The average Bonchev–Trinajstić information content (AvgIpc) is 2.89. The summed E-state index contributed by atoms with van der Waals surface area (Å²) in [5.41, 5.74) is 1.02. The summed E-state index contributed by atoms with van der Waals surface area (Å²) in [6.45, 7) is 5.95. The Kier molecular flexibility index (Phi) is 7.89. The van der Waals surface area contributed by atoms with Crippen LogP contribution in [0.3, 0.4) is 0 Å². The molecule has 1 aromatic heterocycles. The zero-order valence-corrected chi connectivity index (χ0v) is 15.5. The van der Waals surface area contributed by atoms with Gasteiger partial charge in [-0.25, -0.2) is 0 Å². The first-order valence-corrected chi connectivity index (χ1v) is 9.53. The minimum absolute atomic E-state index is 0.0468. The first kappa shape index (κ1) is 19.4. The first-order valence-electron chi connectivity index (χ1n) is 9.53. The molecule has 1 aromatic rings. The van der Waals surface area contributed by atoms with Gasteiger partial charge in [-0.2, -0.15) is 0 Å². The highest BCUT2D eigenvalue weighted by Crippen LogP contribution is 2.20. The zero-order chi connectivity index (χ0) is 18.1. The van der Waals surface area contributed by atoms with Gasteiger partial charge in [-0.1, -0.05) is 32.8 Å². The van der Waals surface area contributed by atoms with Crippen molar-refractivity contribution in [2.45, 2.75) is 64.8 Å². The van der Waals surface area contributed by atoms with Crippen LogP contribution in [0.5, 0.6) is 0 Å². The highest BCUT2D eigenvalue weighted by atomic mass is 16.2. The molecule has 5 nitrogen and oxygen atoms in total. The predicted molar refractivity (Wildman–Crippen MR) is 98.9 cm³/mol. The fraction of sp³-hybridized carbons (Fsp3) is 0.650. The van der Waals surface area contributed by atoms with E-state index in [0.717, 1.165) is 37.9 Å². The topological polar surface area (TPSA) is 62.3 Å². The lowest BCUT2D eigenvalue weighted by Gasteiger charge is -2.22. The van der Waals surface area contributed by atoms with Gasteiger partial charge in [-0.15, -0.1) is 0 Å². The van der Waals surface area contributed by atoms with Gasteiger partial charge in [0.2, 0.25) is 11.8 Å². The Morgan fingerprint density at radius 1 is 1.16 bits per heavy atom. The van der Waals surface area contributed by atoms with Crippen LogP contribution in [-0.4, -0.2) is 34.8 Å². The number of carbonyl (C=O) groups excluding carboxylic acids is 2. The molecule has 0 spiro atoms. The number of nitrogens with zero attached hydrogens (tertiary/aromatic N) is 2. The van der Waals surface area contributed by atoms with E-state index in [2.05, 4.69) is 24.1 Å². The minimum atomic E-state index is -0.0577. The number of carbonyl (C=O) groups is 2. The SMILES string of the molecule is CC(C)C[C@@H](NC(=O)CCC(=O)N1CCCCCC1)c1cccnc1. The van der Waals surface area contributed by atoms with Crippen LogP contribution in [0.2, 0.25) is 0 Å². The van der Waals surface area contributed by atoms with Crippen molar-refractivity contribution in [3.63, 3.8) is 0 Å². The molecule has 0 unspecified atom stereocenters. The normalized spacial score (nSPS) is 16.4. The van der Waals surface area contributed by atoms with Crippen molar-refractivity contribution >= 4 is 11.8 Å². The molecule has 2 rings (SSSR count). The molecule has 1 aliphatic rings. The van der Waals surface area contributed by atoms with Crippen LogP contribution < -0.4 is 5.32 Å². The van der Waals surface area contributed by atoms with Crippen LogP contribution in [0.1, 0.15) is 70.4 Å². The van der Waals surface area contributed by atoms with E-state index >= 15 is 0 Å². The molecule has 2 amide bonds. The third kappa shape index (κ3) is 6.85. The number of rotatable bonds is 7. The summed E-state index contributed by atoms with van der Waals surface area (Å²) in [6, 6.07) is 3.83. The smallest absolute Gasteiger partial charge is 0.223 e. The summed E-state index contributed by atoms with van der Waals surface area (Å²) in [7, 11) is 0. The van der Waals surface area contributed by atoms with E-state index in [0.29, 0.717) is 12.3 Å². The number of amides is 2. The zero-order valence-electron chi connectivity index (χ0n) is 15.5. The Morgan fingerprint density at radius 2 is 1.88 bits per heavy atom. The second-order valence-electron chi connectivity index (χ2n) is 7.33. The fourth-order valence-corrected chi connectivity index (χ4v) is 3.30. The number of hydrogen-bond acceptors (Lipinski definition) is 3. The van der Waals surface area contributed by atoms with Crippen LogP contribution in [0.4, 0.5) is 0 Å². The average molecular weight is 345 g/mol. The van der Waals surface area contributed by atoms with Gasteiger partial charge in [0.25, 0.3) is 0 Å². The van der Waals surface area contributed by atoms with Crippen molar-refractivity contribution < 1.29 is 9.59 Å². The van der Waals surface area contributed by atoms with E-state index in [9.17, 15) is 9.59 Å². The summed E-state index contributed by atoms with van der Waals surface area (Å²) < 4.78 is 0. The molecule has 138 valence electrons. The molecular formula is C20H31N3O2. The largest absolute Gasteiger partial charge is 0.349 e. The van der Waals surface area contributed by atoms with Crippen LogP contribution in [0.25, 0.3) is 0 Å². The lowest BCUT2D eigenvalue weighted by atomic mass is 9.98. The monoisotopic (exact) mass is 345 g/mol. The highest BCUT2D eigenvalue weighted by molar-refractivity contribution is 5.84. The van der Waals surface area contributed by atoms with Crippen LogP contribution in [-0.2, 0) is 9.59 Å². The maximum Gasteiger partial charge on any atom is 0.223 e. The maximum absolute atomic E-state index is 12.4. The van der Waals surface area contributed by atoms with Crippen molar-refractivity contribution in [2.75, 3.05) is 13.1 Å². The first-order chi connectivity index (χ1) is 12.1. The lowest BCUT2D eigenvalue weighted by molar-refractivity contribution is -0.133. The molecule has 2 heterocycles. The predicted octanol–water partition coefficient (Wildman–Crippen LogP) is 3.47. The fourth-order valence-electron chi connectivity index (χ4n) is 3.30. The maximum atomic E-state index is 12.4. The van der Waals surface area contributed by atoms with Crippen LogP contribution in [0, 0.1) is 5.92 Å². The van der Waals surface area contributed by atoms with Gasteiger partial charge in [-0.05, 0) is 36.8 Å². The van der Waals surface area contributed by atoms with Gasteiger partial charge in [-0.3, -0.25) is 14.6 Å². The minimum Gasteiger partial charge on any atom is -0.349 e. The Labute approximate surface area is 151 Å². The third-order valence-corrected chi connectivity index (χ3v) is 4.65. The van der Waals surface area contributed by atoms with E-state index in [4.69, 9.17) is 0 Å². The Hall–Kier alpha value is -1.91. The summed E-state index contributed by atoms with van der Waals surface area (Å²) >= 11 is 0. The van der Waals surface area contributed by atoms with Gasteiger partial charge in [0.1, 0.15) is 0 Å². The lowest BCUT2D eigenvalue weighted by Crippen LogP contribution is -2.34. The quantitative estimate of drug-likeness (QED) is 0.823. The van der Waals surface area contributed by atoms with Crippen molar-refractivity contribution in [1.82, 2.24) is 15.2 Å². The molecule has 0 aromatic carbocycles. The van der Waals surface area contributed by atoms with Gasteiger partial charge >= 0.3 is 0 Å². The van der Waals surface area contributed by atoms with Crippen LogP contribution in [0.15, 0.2) is 24.5 Å². The number of pyridine rings is 1. The molecule has 1 N–H and O–H groups in total. The van der Waals surface area contributed by atoms with Crippen LogP contribution >= 0.6 is 0 Å². The van der Waals surface area contributed by atoms with Gasteiger partial charge in [0, 0.05) is 38.3 Å². The van der Waals surface area contributed by atoms with Crippen molar-refractivity contribution in [1.29, 1.82) is 0 Å². The Balaban J connectivity index is 1.84. The molecule has 0 bridgehead atoms. The van der Waals surface area contributed by atoms with Crippen molar-refractivity contribution in [2.24, 2.45) is 5.92 Å². The van der Waals surface area contributed by atoms with E-state index in [-0.39, 0.29) is 24.3 Å². The number of hydrogen-bond donors (Lipinski definition) is 1. The molecule has 1 saturated heterocycles. The number of likely N-dealkylation sites (tertiary alicyclic amines) is 1. The number of nitrogens with one attached hydrogen (secondary N) is 1. The molecule has 0 saturated carbocycles. The molecule has 0 radical (unpaired) electrons. The van der Waals surface area contributed by atoms with E-state index in [1.807, 2.05) is 17.0 Å². The standard InChI is InChI=1S/C20H31N3O2/c1-16(2)14-18(17-8-7-11-21-15-17)22-19(24)9-10-20(25)23-12-5-3-4-6-13-23/h7-8,11,15-16,18H,3-6,9-10,12-14H2,1-2H3,(H,22,24)/t18-/m1/s1. The second kappa shape index (κ2) is 10.2. The van der Waals surface area contributed by atoms with E-state index in [1.165, 1.54) is 12.8 Å². The summed E-state index contributed by atoms with van der Waals surface area (Å²) in [5.74, 6) is 0.515. The summed E-state index contributed by atoms with van der Waals surface area (Å²) in [6.07, 6.45) is 9.51. The summed E-state index contributed by atoms with van der Waals surface area (Å²) in [5, 5.41) is 3.09. The van der Waals surface area contributed by atoms with Crippen molar-refractivity contribution in [3.05, 3.63) is 30.1 Å². The molecule has 0 aliphatic carbocycles. The molecule has 1 aliphatic heterocycles. The van der Waals surface area contributed by atoms with Crippen molar-refractivity contribution in [3.8, 4) is 0 Å². The Morgan fingerprint density at radius 3 is 2.48 bits per heavy atom. The van der Waals surface area contributed by atoms with Gasteiger partial charge in [0.15, 0.2) is 0 Å². The summed E-state index contributed by atoms with van der Waals surface area (Å²) in [4.78, 5) is 30.8. The van der Waals surface area contributed by atoms with Gasteiger partial charge < -0.3 is 10.2 Å². The highest BCUT2D eigenvalue weighted by Gasteiger charge is 2.19. The molecule has 25 heavy (non-hydrogen) atoms. The second-order valence-corrected chi connectivity index (χ2v) is 7.33. The molecule has 5 heteroatoms.